The first-order valence-corrected chi connectivity index (χ1v) is 9.30. The molecule has 1 N–H and O–H groups in total. The van der Waals surface area contributed by atoms with Gasteiger partial charge < -0.3 is 10.1 Å². The summed E-state index contributed by atoms with van der Waals surface area (Å²) in [5, 5.41) is 4.34. The van der Waals surface area contributed by atoms with Crippen LogP contribution >= 0.6 is 23.4 Å². The molecular weight excluding hydrogens is 368 g/mol. The standard InChI is InChI=1S/C20H17ClN2O2S/c1-25-18-10-9-16(21)12-17(18)23-20(24)15-7-5-14(6-8-15)13-26-19-4-2-3-11-22-19/h2-12H,13H2,1H3,(H,23,24). The van der Waals surface area contributed by atoms with Gasteiger partial charge in [-0.3, -0.25) is 4.79 Å². The number of hydrogen-bond donors (Lipinski definition) is 1. The third-order valence-corrected chi connectivity index (χ3v) is 4.90. The number of carbonyl (C=O) groups is 1. The second kappa shape index (κ2) is 8.74. The lowest BCUT2D eigenvalue weighted by atomic mass is 10.1. The van der Waals surface area contributed by atoms with Crippen LogP contribution in [0.3, 0.4) is 0 Å². The molecule has 0 atom stereocenters. The summed E-state index contributed by atoms with van der Waals surface area (Å²) >= 11 is 7.65. The summed E-state index contributed by atoms with van der Waals surface area (Å²) in [6.07, 6.45) is 1.78. The Morgan fingerprint density at radius 2 is 1.96 bits per heavy atom. The van der Waals surface area contributed by atoms with E-state index in [2.05, 4.69) is 10.3 Å². The maximum Gasteiger partial charge on any atom is 0.255 e. The number of hydrogen-bond acceptors (Lipinski definition) is 4. The highest BCUT2D eigenvalue weighted by atomic mass is 35.5. The first kappa shape index (κ1) is 18.3. The van der Waals surface area contributed by atoms with E-state index in [1.807, 2.05) is 30.3 Å². The van der Waals surface area contributed by atoms with Gasteiger partial charge in [-0.05, 0) is 48.0 Å². The minimum absolute atomic E-state index is 0.213. The van der Waals surface area contributed by atoms with Crippen LogP contribution in [-0.4, -0.2) is 18.0 Å². The number of nitrogens with one attached hydrogen (secondary N) is 1. The van der Waals surface area contributed by atoms with Gasteiger partial charge in [-0.25, -0.2) is 4.98 Å². The minimum Gasteiger partial charge on any atom is -0.495 e. The maximum absolute atomic E-state index is 12.5. The number of nitrogens with zero attached hydrogens (tertiary/aromatic N) is 1. The Bertz CT molecular complexity index is 886. The number of methoxy groups -OCH3 is 1. The Labute approximate surface area is 161 Å². The third-order valence-electron chi connectivity index (χ3n) is 3.65. The summed E-state index contributed by atoms with van der Waals surface area (Å²) in [6, 6.07) is 18.4. The SMILES string of the molecule is COc1ccc(Cl)cc1NC(=O)c1ccc(CSc2ccccn2)cc1. The van der Waals surface area contributed by atoms with Crippen LogP contribution in [0.15, 0.2) is 71.9 Å². The van der Waals surface area contributed by atoms with Gasteiger partial charge in [-0.1, -0.05) is 29.8 Å². The molecule has 1 amide bonds. The van der Waals surface area contributed by atoms with Crippen LogP contribution in [0.25, 0.3) is 0 Å². The molecule has 0 bridgehead atoms. The molecule has 0 saturated heterocycles. The van der Waals surface area contributed by atoms with Gasteiger partial charge in [0.15, 0.2) is 0 Å². The van der Waals surface area contributed by atoms with Crippen molar-refractivity contribution in [1.82, 2.24) is 4.98 Å². The van der Waals surface area contributed by atoms with Crippen molar-refractivity contribution in [3.05, 3.63) is 83.0 Å². The smallest absolute Gasteiger partial charge is 0.255 e. The van der Waals surface area contributed by atoms with Gasteiger partial charge in [0, 0.05) is 22.5 Å². The molecule has 4 nitrogen and oxygen atoms in total. The van der Waals surface area contributed by atoms with Gasteiger partial charge in [0.1, 0.15) is 5.75 Å². The van der Waals surface area contributed by atoms with Gasteiger partial charge in [0.25, 0.3) is 5.91 Å². The summed E-state index contributed by atoms with van der Waals surface area (Å²) in [5.74, 6) is 1.14. The number of thioether (sulfide) groups is 1. The number of aromatic nitrogens is 1. The van der Waals surface area contributed by atoms with E-state index in [1.165, 1.54) is 0 Å². The second-order valence-electron chi connectivity index (χ2n) is 5.45. The van der Waals surface area contributed by atoms with Crippen LogP contribution < -0.4 is 10.1 Å². The van der Waals surface area contributed by atoms with Gasteiger partial charge in [0.05, 0.1) is 17.8 Å². The quantitative estimate of drug-likeness (QED) is 0.587. The molecule has 2 aromatic carbocycles. The van der Waals surface area contributed by atoms with Crippen molar-refractivity contribution >= 4 is 35.0 Å². The van der Waals surface area contributed by atoms with E-state index in [-0.39, 0.29) is 5.91 Å². The fraction of sp³-hybridized carbons (Fsp3) is 0.100. The van der Waals surface area contributed by atoms with Gasteiger partial charge in [0.2, 0.25) is 0 Å². The summed E-state index contributed by atoms with van der Waals surface area (Å²) in [4.78, 5) is 16.7. The first-order valence-electron chi connectivity index (χ1n) is 7.93. The average molecular weight is 385 g/mol. The number of amides is 1. The molecular formula is C20H17ClN2O2S. The van der Waals surface area contributed by atoms with Crippen LogP contribution in [-0.2, 0) is 5.75 Å². The van der Waals surface area contributed by atoms with Crippen molar-refractivity contribution in [3.8, 4) is 5.75 Å². The largest absolute Gasteiger partial charge is 0.495 e. The van der Waals surface area contributed by atoms with E-state index in [0.717, 1.165) is 16.3 Å². The van der Waals surface area contributed by atoms with Gasteiger partial charge in [-0.15, -0.1) is 11.8 Å². The fourth-order valence-electron chi connectivity index (χ4n) is 2.31. The zero-order chi connectivity index (χ0) is 18.4. The Morgan fingerprint density at radius 3 is 2.65 bits per heavy atom. The number of halogens is 1. The molecule has 0 spiro atoms. The highest BCUT2D eigenvalue weighted by molar-refractivity contribution is 7.98. The molecule has 0 saturated carbocycles. The Hall–Kier alpha value is -2.50. The van der Waals surface area contributed by atoms with E-state index in [9.17, 15) is 4.79 Å². The summed E-state index contributed by atoms with van der Waals surface area (Å²) < 4.78 is 5.25. The van der Waals surface area contributed by atoms with Crippen molar-refractivity contribution < 1.29 is 9.53 Å². The van der Waals surface area contributed by atoms with Crippen molar-refractivity contribution in [2.75, 3.05) is 12.4 Å². The van der Waals surface area contributed by atoms with Crippen molar-refractivity contribution in [2.45, 2.75) is 10.8 Å². The highest BCUT2D eigenvalue weighted by Crippen LogP contribution is 2.28. The zero-order valence-corrected chi connectivity index (χ0v) is 15.7. The van der Waals surface area contributed by atoms with Crippen molar-refractivity contribution in [2.24, 2.45) is 0 Å². The number of rotatable bonds is 6. The first-order chi connectivity index (χ1) is 12.7. The summed E-state index contributed by atoms with van der Waals surface area (Å²) in [7, 11) is 1.55. The van der Waals surface area contributed by atoms with Crippen LogP contribution in [0.2, 0.25) is 5.02 Å². The van der Waals surface area contributed by atoms with E-state index in [1.54, 1.807) is 55.4 Å². The Morgan fingerprint density at radius 1 is 1.15 bits per heavy atom. The van der Waals surface area contributed by atoms with Crippen molar-refractivity contribution in [1.29, 1.82) is 0 Å². The molecule has 3 aromatic rings. The second-order valence-corrected chi connectivity index (χ2v) is 6.88. The normalized spacial score (nSPS) is 10.4. The van der Waals surface area contributed by atoms with Crippen molar-refractivity contribution in [3.63, 3.8) is 0 Å². The molecule has 3 rings (SSSR count). The molecule has 0 radical (unpaired) electrons. The molecule has 0 aliphatic heterocycles. The molecule has 6 heteroatoms. The van der Waals surface area contributed by atoms with Crippen LogP contribution in [0.4, 0.5) is 5.69 Å². The lowest BCUT2D eigenvalue weighted by Gasteiger charge is -2.11. The predicted octanol–water partition coefficient (Wildman–Crippen LogP) is 5.29. The van der Waals surface area contributed by atoms with E-state index in [0.29, 0.717) is 22.0 Å². The van der Waals surface area contributed by atoms with E-state index in [4.69, 9.17) is 16.3 Å². The number of carbonyl (C=O) groups excluding carboxylic acids is 1. The maximum atomic E-state index is 12.5. The Kier molecular flexibility index (Phi) is 6.15. The lowest BCUT2D eigenvalue weighted by Crippen LogP contribution is -2.12. The zero-order valence-electron chi connectivity index (χ0n) is 14.1. The molecule has 0 aliphatic carbocycles. The van der Waals surface area contributed by atoms with Crippen LogP contribution in [0, 0.1) is 0 Å². The van der Waals surface area contributed by atoms with E-state index < -0.39 is 0 Å². The lowest BCUT2D eigenvalue weighted by molar-refractivity contribution is 0.102. The molecule has 1 heterocycles. The van der Waals surface area contributed by atoms with E-state index >= 15 is 0 Å². The molecule has 0 fully saturated rings. The fourth-order valence-corrected chi connectivity index (χ4v) is 3.30. The topological polar surface area (TPSA) is 51.2 Å². The van der Waals surface area contributed by atoms with Gasteiger partial charge in [-0.2, -0.15) is 0 Å². The minimum atomic E-state index is -0.213. The number of benzene rings is 2. The molecule has 26 heavy (non-hydrogen) atoms. The monoisotopic (exact) mass is 384 g/mol. The summed E-state index contributed by atoms with van der Waals surface area (Å²) in [6.45, 7) is 0. The molecule has 0 unspecified atom stereocenters. The predicted molar refractivity (Wildman–Crippen MR) is 106 cm³/mol. The summed E-state index contributed by atoms with van der Waals surface area (Å²) in [5.41, 5.74) is 2.23. The molecule has 0 aliphatic rings. The molecule has 1 aromatic heterocycles. The number of ether oxygens (including phenoxy) is 1. The highest BCUT2D eigenvalue weighted by Gasteiger charge is 2.10. The third kappa shape index (κ3) is 4.77. The molecule has 132 valence electrons. The number of pyridine rings is 1. The average Bonchev–Trinajstić information content (AvgIpc) is 2.68. The number of anilines is 1. The van der Waals surface area contributed by atoms with Crippen LogP contribution in [0.1, 0.15) is 15.9 Å². The van der Waals surface area contributed by atoms with Crippen LogP contribution in [0.5, 0.6) is 5.75 Å². The van der Waals surface area contributed by atoms with Gasteiger partial charge >= 0.3 is 0 Å². The Balaban J connectivity index is 1.64.